The van der Waals surface area contributed by atoms with E-state index in [1.807, 2.05) is 20.8 Å². The van der Waals surface area contributed by atoms with Crippen LogP contribution in [-0.2, 0) is 14.3 Å². The monoisotopic (exact) mass is 243 g/mol. The number of rotatable bonds is 4. The molecule has 2 N–H and O–H groups in total. The summed E-state index contributed by atoms with van der Waals surface area (Å²) < 4.78 is 5.19. The van der Waals surface area contributed by atoms with E-state index >= 15 is 0 Å². The minimum Gasteiger partial charge on any atom is -0.481 e. The summed E-state index contributed by atoms with van der Waals surface area (Å²) in [4.78, 5) is 23.2. The molecule has 2 atom stereocenters. The van der Waals surface area contributed by atoms with Crippen LogP contribution in [0.3, 0.4) is 0 Å². The van der Waals surface area contributed by atoms with Crippen molar-refractivity contribution >= 4 is 11.9 Å². The van der Waals surface area contributed by atoms with Crippen molar-refractivity contribution in [2.24, 2.45) is 10.8 Å². The van der Waals surface area contributed by atoms with Gasteiger partial charge in [-0.1, -0.05) is 20.8 Å². The molecule has 5 heteroatoms. The lowest BCUT2D eigenvalue weighted by Crippen LogP contribution is -2.52. The number of carbonyl (C=O) groups excluding carboxylic acids is 1. The summed E-state index contributed by atoms with van der Waals surface area (Å²) in [6.45, 7) is 7.62. The highest BCUT2D eigenvalue weighted by atomic mass is 16.5. The standard InChI is InChI=1S/C12H21NO4/c1-5-11(2,3)9(14)13-8-6-17-7-12(8,4)10(15)16/h8H,5-7H2,1-4H3,(H,13,14)(H,15,16). The maximum atomic E-state index is 12.0. The van der Waals surface area contributed by atoms with E-state index < -0.39 is 22.8 Å². The highest BCUT2D eigenvalue weighted by molar-refractivity contribution is 5.84. The van der Waals surface area contributed by atoms with E-state index in [1.54, 1.807) is 6.92 Å². The molecule has 0 aromatic rings. The van der Waals surface area contributed by atoms with Crippen molar-refractivity contribution in [1.29, 1.82) is 0 Å². The van der Waals surface area contributed by atoms with Gasteiger partial charge in [0.1, 0.15) is 5.41 Å². The Hall–Kier alpha value is -1.10. The number of ether oxygens (including phenoxy) is 1. The predicted molar refractivity (Wildman–Crippen MR) is 62.6 cm³/mol. The molecule has 0 aromatic heterocycles. The van der Waals surface area contributed by atoms with E-state index in [9.17, 15) is 14.7 Å². The highest BCUT2D eigenvalue weighted by Gasteiger charge is 2.48. The van der Waals surface area contributed by atoms with E-state index in [4.69, 9.17) is 4.74 Å². The van der Waals surface area contributed by atoms with Gasteiger partial charge in [-0.15, -0.1) is 0 Å². The van der Waals surface area contributed by atoms with Crippen molar-refractivity contribution in [1.82, 2.24) is 5.32 Å². The Morgan fingerprint density at radius 1 is 1.53 bits per heavy atom. The number of aliphatic carboxylic acids is 1. The molecule has 0 saturated carbocycles. The smallest absolute Gasteiger partial charge is 0.313 e. The number of hydrogen-bond donors (Lipinski definition) is 2. The fourth-order valence-corrected chi connectivity index (χ4v) is 1.60. The van der Waals surface area contributed by atoms with Gasteiger partial charge in [0, 0.05) is 5.41 Å². The molecular formula is C12H21NO4. The van der Waals surface area contributed by atoms with Gasteiger partial charge in [-0.3, -0.25) is 9.59 Å². The average molecular weight is 243 g/mol. The van der Waals surface area contributed by atoms with Crippen molar-refractivity contribution in [2.45, 2.75) is 40.2 Å². The normalized spacial score (nSPS) is 29.1. The Balaban J connectivity index is 2.75. The maximum absolute atomic E-state index is 12.0. The van der Waals surface area contributed by atoms with Crippen molar-refractivity contribution in [3.05, 3.63) is 0 Å². The van der Waals surface area contributed by atoms with Gasteiger partial charge in [0.15, 0.2) is 0 Å². The molecule has 0 aliphatic carbocycles. The van der Waals surface area contributed by atoms with Crippen LogP contribution in [0.25, 0.3) is 0 Å². The zero-order valence-electron chi connectivity index (χ0n) is 10.9. The second kappa shape index (κ2) is 4.64. The molecule has 1 aliphatic rings. The van der Waals surface area contributed by atoms with Gasteiger partial charge in [-0.25, -0.2) is 0 Å². The van der Waals surface area contributed by atoms with Gasteiger partial charge in [-0.05, 0) is 13.3 Å². The minimum atomic E-state index is -1.03. The molecule has 0 spiro atoms. The summed E-state index contributed by atoms with van der Waals surface area (Å²) in [5, 5.41) is 12.0. The molecule has 1 aliphatic heterocycles. The lowest BCUT2D eigenvalue weighted by molar-refractivity contribution is -0.149. The number of carbonyl (C=O) groups is 2. The number of hydrogen-bond acceptors (Lipinski definition) is 3. The summed E-state index contributed by atoms with van der Waals surface area (Å²) in [6, 6.07) is -0.460. The number of carboxylic acids is 1. The molecule has 1 saturated heterocycles. The van der Waals surface area contributed by atoms with Crippen LogP contribution in [0, 0.1) is 10.8 Å². The van der Waals surface area contributed by atoms with Crippen molar-refractivity contribution in [3.63, 3.8) is 0 Å². The number of nitrogens with one attached hydrogen (secondary N) is 1. The Morgan fingerprint density at radius 3 is 2.59 bits per heavy atom. The molecule has 98 valence electrons. The third kappa shape index (κ3) is 2.60. The lowest BCUT2D eigenvalue weighted by atomic mass is 9.83. The molecule has 0 bridgehead atoms. The third-order valence-corrected chi connectivity index (χ3v) is 3.75. The van der Waals surface area contributed by atoms with Gasteiger partial charge >= 0.3 is 5.97 Å². The first-order valence-corrected chi connectivity index (χ1v) is 5.86. The number of amides is 1. The van der Waals surface area contributed by atoms with Gasteiger partial charge in [-0.2, -0.15) is 0 Å². The second-order valence-electron chi connectivity index (χ2n) is 5.50. The quantitative estimate of drug-likeness (QED) is 0.773. The van der Waals surface area contributed by atoms with E-state index in [1.165, 1.54) is 0 Å². The minimum absolute atomic E-state index is 0.122. The average Bonchev–Trinajstić information content (AvgIpc) is 2.61. The van der Waals surface area contributed by atoms with E-state index in [0.717, 1.165) is 0 Å². The van der Waals surface area contributed by atoms with Crippen molar-refractivity contribution in [3.8, 4) is 0 Å². The maximum Gasteiger partial charge on any atom is 0.313 e. The molecular weight excluding hydrogens is 222 g/mol. The largest absolute Gasteiger partial charge is 0.481 e. The molecule has 1 heterocycles. The molecule has 1 fully saturated rings. The van der Waals surface area contributed by atoms with Gasteiger partial charge < -0.3 is 15.2 Å². The molecule has 0 radical (unpaired) electrons. The van der Waals surface area contributed by atoms with Crippen LogP contribution in [0.5, 0.6) is 0 Å². The summed E-state index contributed by atoms with van der Waals surface area (Å²) in [6.07, 6.45) is 0.705. The van der Waals surface area contributed by atoms with Gasteiger partial charge in [0.2, 0.25) is 5.91 Å². The van der Waals surface area contributed by atoms with E-state index in [2.05, 4.69) is 5.32 Å². The van der Waals surface area contributed by atoms with Crippen LogP contribution in [0.1, 0.15) is 34.1 Å². The van der Waals surface area contributed by atoms with Gasteiger partial charge in [0.25, 0.3) is 0 Å². The first-order chi connectivity index (χ1) is 7.74. The zero-order chi connectivity index (χ0) is 13.3. The zero-order valence-corrected chi connectivity index (χ0v) is 10.9. The molecule has 0 aromatic carbocycles. The summed E-state index contributed by atoms with van der Waals surface area (Å²) in [7, 11) is 0. The Labute approximate surface area is 102 Å². The summed E-state index contributed by atoms with van der Waals surface area (Å²) in [5.41, 5.74) is -1.51. The molecule has 5 nitrogen and oxygen atoms in total. The fraction of sp³-hybridized carbons (Fsp3) is 0.833. The van der Waals surface area contributed by atoms with Crippen LogP contribution >= 0.6 is 0 Å². The van der Waals surface area contributed by atoms with Crippen molar-refractivity contribution in [2.75, 3.05) is 13.2 Å². The van der Waals surface area contributed by atoms with E-state index in [0.29, 0.717) is 6.42 Å². The van der Waals surface area contributed by atoms with Crippen LogP contribution in [0.2, 0.25) is 0 Å². The first kappa shape index (κ1) is 14.0. The second-order valence-corrected chi connectivity index (χ2v) is 5.50. The Bertz CT molecular complexity index is 326. The molecule has 17 heavy (non-hydrogen) atoms. The topological polar surface area (TPSA) is 75.6 Å². The van der Waals surface area contributed by atoms with Crippen LogP contribution in [0.15, 0.2) is 0 Å². The van der Waals surface area contributed by atoms with E-state index in [-0.39, 0.29) is 19.1 Å². The molecule has 2 unspecified atom stereocenters. The Kier molecular flexibility index (Phi) is 3.81. The SMILES string of the molecule is CCC(C)(C)C(=O)NC1COCC1(C)C(=O)O. The lowest BCUT2D eigenvalue weighted by Gasteiger charge is -2.29. The highest BCUT2D eigenvalue weighted by Crippen LogP contribution is 2.30. The van der Waals surface area contributed by atoms with Crippen LogP contribution in [-0.4, -0.2) is 36.2 Å². The summed E-state index contributed by atoms with van der Waals surface area (Å²) >= 11 is 0. The Morgan fingerprint density at radius 2 is 2.12 bits per heavy atom. The molecule has 1 rings (SSSR count). The third-order valence-electron chi connectivity index (χ3n) is 3.75. The molecule has 1 amide bonds. The number of carboxylic acid groups (broad SMARTS) is 1. The fourth-order valence-electron chi connectivity index (χ4n) is 1.60. The van der Waals surface area contributed by atoms with Crippen LogP contribution in [0.4, 0.5) is 0 Å². The van der Waals surface area contributed by atoms with Crippen LogP contribution < -0.4 is 5.32 Å². The summed E-state index contributed by atoms with van der Waals surface area (Å²) in [5.74, 6) is -1.06. The predicted octanol–water partition coefficient (Wildman–Crippen LogP) is 1.03. The van der Waals surface area contributed by atoms with Crippen molar-refractivity contribution < 1.29 is 19.4 Å². The first-order valence-electron chi connectivity index (χ1n) is 5.86. The van der Waals surface area contributed by atoms with Gasteiger partial charge in [0.05, 0.1) is 19.3 Å².